The smallest absolute Gasteiger partial charge is 0.414 e. The summed E-state index contributed by atoms with van der Waals surface area (Å²) in [5.41, 5.74) is -0.111. The summed E-state index contributed by atoms with van der Waals surface area (Å²) in [5.74, 6) is 0.236. The number of hydrogen-bond acceptors (Lipinski definition) is 6. The van der Waals surface area contributed by atoms with E-state index in [4.69, 9.17) is 14.7 Å². The molecule has 0 heterocycles. The summed E-state index contributed by atoms with van der Waals surface area (Å²) >= 11 is 0. The first kappa shape index (κ1) is 23.4. The number of carbonyl (C=O) groups is 2. The van der Waals surface area contributed by atoms with Gasteiger partial charge in [0.25, 0.3) is 0 Å². The minimum Gasteiger partial charge on any atom is -0.492 e. The number of nitrogens with zero attached hydrogens (tertiary/aromatic N) is 1. The van der Waals surface area contributed by atoms with Gasteiger partial charge in [0.05, 0.1) is 17.7 Å². The van der Waals surface area contributed by atoms with Crippen molar-refractivity contribution in [2.24, 2.45) is 5.92 Å². The summed E-state index contributed by atoms with van der Waals surface area (Å²) in [6.07, 6.45) is 0.0110. The fraction of sp³-hybridized carbons (Fsp3) is 0.571. The summed E-state index contributed by atoms with van der Waals surface area (Å²) < 4.78 is 10.9. The molecule has 0 saturated carbocycles. The predicted molar refractivity (Wildman–Crippen MR) is 107 cm³/mol. The van der Waals surface area contributed by atoms with Crippen molar-refractivity contribution in [3.8, 4) is 11.8 Å². The second kappa shape index (κ2) is 10.7. The lowest BCUT2D eigenvalue weighted by Gasteiger charge is -2.27. The molecule has 1 aromatic rings. The highest BCUT2D eigenvalue weighted by atomic mass is 16.6. The topological polar surface area (TPSA) is 100 Å². The van der Waals surface area contributed by atoms with Crippen LogP contribution >= 0.6 is 0 Å². The van der Waals surface area contributed by atoms with Gasteiger partial charge in [-0.25, -0.2) is 4.79 Å². The van der Waals surface area contributed by atoms with Crippen LogP contribution in [0.25, 0.3) is 0 Å². The zero-order valence-corrected chi connectivity index (χ0v) is 17.5. The highest BCUT2D eigenvalue weighted by Gasteiger charge is 2.28. The van der Waals surface area contributed by atoms with Gasteiger partial charge in [-0.3, -0.25) is 15.4 Å². The highest BCUT2D eigenvalue weighted by Crippen LogP contribution is 2.13. The van der Waals surface area contributed by atoms with Crippen LogP contribution in [0.2, 0.25) is 0 Å². The molecule has 0 aliphatic heterocycles. The van der Waals surface area contributed by atoms with E-state index in [-0.39, 0.29) is 12.0 Å². The van der Waals surface area contributed by atoms with Crippen LogP contribution in [-0.4, -0.2) is 36.3 Å². The van der Waals surface area contributed by atoms with Crippen molar-refractivity contribution in [3.05, 3.63) is 29.8 Å². The molecule has 2 N–H and O–H groups in total. The molecule has 0 bridgehead atoms. The Morgan fingerprint density at radius 1 is 1.18 bits per heavy atom. The fourth-order valence-electron chi connectivity index (χ4n) is 2.42. The van der Waals surface area contributed by atoms with Crippen LogP contribution in [0.15, 0.2) is 24.3 Å². The molecule has 28 heavy (non-hydrogen) atoms. The van der Waals surface area contributed by atoms with Gasteiger partial charge in [-0.2, -0.15) is 5.26 Å². The largest absolute Gasteiger partial charge is 0.492 e. The van der Waals surface area contributed by atoms with Crippen molar-refractivity contribution >= 4 is 12.0 Å². The molecule has 0 saturated heterocycles. The quantitative estimate of drug-likeness (QED) is 0.707. The molecule has 0 fully saturated rings. The Bertz CT molecular complexity index is 689. The van der Waals surface area contributed by atoms with Gasteiger partial charge in [0, 0.05) is 6.04 Å². The van der Waals surface area contributed by atoms with Crippen molar-refractivity contribution in [2.75, 3.05) is 6.61 Å². The minimum atomic E-state index is -0.755. The van der Waals surface area contributed by atoms with E-state index in [1.54, 1.807) is 45.0 Å². The number of ether oxygens (including phenoxy) is 2. The fourth-order valence-corrected chi connectivity index (χ4v) is 2.42. The third kappa shape index (κ3) is 8.40. The second-order valence-electron chi connectivity index (χ2n) is 7.87. The first-order valence-electron chi connectivity index (χ1n) is 9.48. The van der Waals surface area contributed by atoms with Crippen molar-refractivity contribution < 1.29 is 19.1 Å². The SMILES string of the molecule is CC[C@H](C)[C@H](NC(C)COc1ccc(C#N)cc1)C(=O)NC(=O)OC(C)(C)C. The first-order valence-corrected chi connectivity index (χ1v) is 9.48. The molecule has 7 nitrogen and oxygen atoms in total. The number of amides is 2. The van der Waals surface area contributed by atoms with Crippen molar-refractivity contribution in [1.29, 1.82) is 5.26 Å². The molecule has 0 aliphatic carbocycles. The standard InChI is InChI=1S/C21H31N3O4/c1-7-14(2)18(19(25)24-20(26)28-21(4,5)6)23-15(3)13-27-17-10-8-16(12-22)9-11-17/h8-11,14-15,18,23H,7,13H2,1-6H3,(H,24,25,26)/t14-,15?,18-/m0/s1. The number of carbonyl (C=O) groups excluding carboxylic acids is 2. The van der Waals surface area contributed by atoms with Crippen LogP contribution in [0.5, 0.6) is 5.75 Å². The van der Waals surface area contributed by atoms with Gasteiger partial charge in [-0.05, 0) is 57.9 Å². The average molecular weight is 389 g/mol. The summed E-state index contributed by atoms with van der Waals surface area (Å²) in [4.78, 5) is 24.5. The third-order valence-corrected chi connectivity index (χ3v) is 4.07. The number of benzene rings is 1. The molecule has 0 spiro atoms. The molecule has 154 valence electrons. The molecule has 0 radical (unpaired) electrons. The summed E-state index contributed by atoms with van der Waals surface area (Å²) in [7, 11) is 0. The third-order valence-electron chi connectivity index (χ3n) is 4.07. The van der Waals surface area contributed by atoms with E-state index in [0.717, 1.165) is 6.42 Å². The summed E-state index contributed by atoms with van der Waals surface area (Å²) in [6, 6.07) is 8.18. The van der Waals surface area contributed by atoms with Gasteiger partial charge < -0.3 is 9.47 Å². The Morgan fingerprint density at radius 3 is 2.29 bits per heavy atom. The molecule has 3 atom stereocenters. The number of nitriles is 1. The lowest BCUT2D eigenvalue weighted by atomic mass is 9.97. The van der Waals surface area contributed by atoms with Gasteiger partial charge in [0.1, 0.15) is 18.0 Å². The Balaban J connectivity index is 2.64. The number of hydrogen-bond donors (Lipinski definition) is 2. The van der Waals surface area contributed by atoms with Gasteiger partial charge in [-0.1, -0.05) is 20.3 Å². The monoisotopic (exact) mass is 389 g/mol. The maximum Gasteiger partial charge on any atom is 0.414 e. The zero-order valence-electron chi connectivity index (χ0n) is 17.5. The lowest BCUT2D eigenvalue weighted by Crippen LogP contribution is -2.53. The zero-order chi connectivity index (χ0) is 21.3. The van der Waals surface area contributed by atoms with Gasteiger partial charge in [0.2, 0.25) is 5.91 Å². The van der Waals surface area contributed by atoms with E-state index in [0.29, 0.717) is 17.9 Å². The van der Waals surface area contributed by atoms with Crippen molar-refractivity contribution in [2.45, 2.75) is 65.6 Å². The Kier molecular flexibility index (Phi) is 8.93. The minimum absolute atomic E-state index is 0.0137. The summed E-state index contributed by atoms with van der Waals surface area (Å²) in [5, 5.41) is 14.4. The highest BCUT2D eigenvalue weighted by molar-refractivity contribution is 5.95. The second-order valence-corrected chi connectivity index (χ2v) is 7.87. The van der Waals surface area contributed by atoms with Crippen LogP contribution < -0.4 is 15.4 Å². The molecular weight excluding hydrogens is 358 g/mol. The van der Waals surface area contributed by atoms with Crippen LogP contribution in [0.3, 0.4) is 0 Å². The normalized spacial score (nSPS) is 14.3. The molecule has 2 amide bonds. The maximum atomic E-state index is 12.6. The van der Waals surface area contributed by atoms with Gasteiger partial charge in [-0.15, -0.1) is 0 Å². The number of alkyl carbamates (subject to hydrolysis) is 1. The van der Waals surface area contributed by atoms with E-state index in [2.05, 4.69) is 16.7 Å². The number of nitrogens with one attached hydrogen (secondary N) is 2. The molecular formula is C21H31N3O4. The van der Waals surface area contributed by atoms with Gasteiger partial charge in [0.15, 0.2) is 0 Å². The molecule has 1 rings (SSSR count). The Morgan fingerprint density at radius 2 is 1.79 bits per heavy atom. The predicted octanol–water partition coefficient (Wildman–Crippen LogP) is 3.38. The van der Waals surface area contributed by atoms with Crippen LogP contribution in [0.4, 0.5) is 4.79 Å². The average Bonchev–Trinajstić information content (AvgIpc) is 2.62. The molecule has 7 heteroatoms. The van der Waals surface area contributed by atoms with E-state index >= 15 is 0 Å². The van der Waals surface area contributed by atoms with Crippen molar-refractivity contribution in [3.63, 3.8) is 0 Å². The summed E-state index contributed by atoms with van der Waals surface area (Å²) in [6.45, 7) is 11.4. The van der Waals surface area contributed by atoms with Crippen LogP contribution in [0.1, 0.15) is 53.5 Å². The Hall–Kier alpha value is -2.59. The lowest BCUT2D eigenvalue weighted by molar-refractivity contribution is -0.124. The molecule has 1 aromatic carbocycles. The molecule has 1 unspecified atom stereocenters. The van der Waals surface area contributed by atoms with E-state index in [9.17, 15) is 9.59 Å². The van der Waals surface area contributed by atoms with Gasteiger partial charge >= 0.3 is 6.09 Å². The molecule has 0 aromatic heterocycles. The number of rotatable bonds is 8. The maximum absolute atomic E-state index is 12.6. The first-order chi connectivity index (χ1) is 13.1. The van der Waals surface area contributed by atoms with E-state index in [1.165, 1.54) is 0 Å². The van der Waals surface area contributed by atoms with E-state index in [1.807, 2.05) is 20.8 Å². The van der Waals surface area contributed by atoms with Crippen molar-refractivity contribution in [1.82, 2.24) is 10.6 Å². The van der Waals surface area contributed by atoms with E-state index < -0.39 is 23.6 Å². The molecule has 0 aliphatic rings. The Labute approximate surface area is 167 Å². The number of imide groups is 1. The van der Waals surface area contributed by atoms with Crippen LogP contribution in [-0.2, 0) is 9.53 Å². The van der Waals surface area contributed by atoms with Crippen LogP contribution in [0, 0.1) is 17.2 Å².